The van der Waals surface area contributed by atoms with Gasteiger partial charge >= 0.3 is 0 Å². The van der Waals surface area contributed by atoms with Crippen molar-refractivity contribution >= 4 is 22.3 Å². The van der Waals surface area contributed by atoms with Crippen molar-refractivity contribution in [3.05, 3.63) is 78.9 Å². The highest BCUT2D eigenvalue weighted by molar-refractivity contribution is 5.90. The van der Waals surface area contributed by atoms with E-state index in [1.165, 1.54) is 5.39 Å². The van der Waals surface area contributed by atoms with Crippen molar-refractivity contribution < 1.29 is 0 Å². The molecule has 112 valence electrons. The summed E-state index contributed by atoms with van der Waals surface area (Å²) in [6, 6.07) is 26.4. The molecule has 0 spiro atoms. The number of aromatic nitrogens is 1. The molecule has 4 aromatic rings. The van der Waals surface area contributed by atoms with Gasteiger partial charge in [0.15, 0.2) is 0 Å². The quantitative estimate of drug-likeness (QED) is 0.537. The van der Waals surface area contributed by atoms with Crippen LogP contribution in [0.5, 0.6) is 0 Å². The van der Waals surface area contributed by atoms with Crippen molar-refractivity contribution in [1.82, 2.24) is 4.57 Å². The van der Waals surface area contributed by atoms with Gasteiger partial charge in [-0.05, 0) is 42.0 Å². The Morgan fingerprint density at radius 2 is 1.39 bits per heavy atom. The maximum atomic E-state index is 6.23. The summed E-state index contributed by atoms with van der Waals surface area (Å²) in [5, 5.41) is 1.18. The van der Waals surface area contributed by atoms with E-state index >= 15 is 0 Å². The third-order valence-electron chi connectivity index (χ3n) is 4.09. The molecule has 0 saturated heterocycles. The van der Waals surface area contributed by atoms with Gasteiger partial charge in [-0.25, -0.2) is 0 Å². The smallest absolute Gasteiger partial charge is 0.0691 e. The molecule has 3 aromatic carbocycles. The fourth-order valence-electron chi connectivity index (χ4n) is 2.97. The molecule has 0 fully saturated rings. The topological polar surface area (TPSA) is 57.0 Å². The predicted molar refractivity (Wildman–Crippen MR) is 97.5 cm³/mol. The first-order valence-corrected chi connectivity index (χ1v) is 7.55. The highest BCUT2D eigenvalue weighted by atomic mass is 15.0. The molecule has 1 aromatic heterocycles. The van der Waals surface area contributed by atoms with Crippen molar-refractivity contribution in [2.75, 3.05) is 11.5 Å². The summed E-state index contributed by atoms with van der Waals surface area (Å²) in [5.74, 6) is 0. The molecule has 0 saturated carbocycles. The Bertz CT molecular complexity index is 981. The van der Waals surface area contributed by atoms with Crippen LogP contribution in [0, 0.1) is 0 Å². The van der Waals surface area contributed by atoms with E-state index in [0.29, 0.717) is 0 Å². The first-order chi connectivity index (χ1) is 11.2. The van der Waals surface area contributed by atoms with Crippen LogP contribution in [0.25, 0.3) is 27.8 Å². The number of para-hydroxylation sites is 3. The molecule has 3 heteroatoms. The maximum Gasteiger partial charge on any atom is 0.0691 e. The first-order valence-electron chi connectivity index (χ1n) is 7.55. The van der Waals surface area contributed by atoms with E-state index in [-0.39, 0.29) is 0 Å². The molecule has 0 unspecified atom stereocenters. The molecule has 0 aliphatic rings. The third-order valence-corrected chi connectivity index (χ3v) is 4.09. The fraction of sp³-hybridized carbons (Fsp3) is 0. The monoisotopic (exact) mass is 299 g/mol. The largest absolute Gasteiger partial charge is 0.399 e. The lowest BCUT2D eigenvalue weighted by atomic mass is 10.1. The normalized spacial score (nSPS) is 11.0. The summed E-state index contributed by atoms with van der Waals surface area (Å²) in [5.41, 5.74) is 17.9. The first kappa shape index (κ1) is 13.5. The summed E-state index contributed by atoms with van der Waals surface area (Å²) in [7, 11) is 0. The Morgan fingerprint density at radius 1 is 0.696 bits per heavy atom. The van der Waals surface area contributed by atoms with Crippen molar-refractivity contribution in [2.45, 2.75) is 0 Å². The van der Waals surface area contributed by atoms with E-state index < -0.39 is 0 Å². The standard InChI is InChI=1S/C20H17N3/c21-16-11-9-14(10-12-16)20-13-15-5-1-3-7-18(15)23(20)19-8-4-2-6-17(19)22/h1-13H,21-22H2. The Balaban J connectivity index is 2.06. The predicted octanol–water partition coefficient (Wildman–Crippen LogP) is 4.46. The van der Waals surface area contributed by atoms with Crippen LogP contribution in [0.15, 0.2) is 78.9 Å². The molecule has 0 atom stereocenters. The van der Waals surface area contributed by atoms with Gasteiger partial charge in [0.05, 0.1) is 22.6 Å². The van der Waals surface area contributed by atoms with Gasteiger partial charge in [0.25, 0.3) is 0 Å². The van der Waals surface area contributed by atoms with Crippen LogP contribution in [-0.2, 0) is 0 Å². The molecule has 0 aliphatic carbocycles. The van der Waals surface area contributed by atoms with Gasteiger partial charge < -0.3 is 16.0 Å². The average molecular weight is 299 g/mol. The van der Waals surface area contributed by atoms with E-state index in [9.17, 15) is 0 Å². The molecule has 3 nitrogen and oxygen atoms in total. The van der Waals surface area contributed by atoms with Crippen LogP contribution >= 0.6 is 0 Å². The fourth-order valence-corrected chi connectivity index (χ4v) is 2.97. The van der Waals surface area contributed by atoms with E-state index in [1.807, 2.05) is 60.7 Å². The van der Waals surface area contributed by atoms with Crippen molar-refractivity contribution in [2.24, 2.45) is 0 Å². The molecule has 23 heavy (non-hydrogen) atoms. The number of fused-ring (bicyclic) bond motifs is 1. The van der Waals surface area contributed by atoms with Gasteiger partial charge in [-0.1, -0.05) is 42.5 Å². The van der Waals surface area contributed by atoms with Gasteiger partial charge in [0.1, 0.15) is 0 Å². The van der Waals surface area contributed by atoms with Crippen LogP contribution in [0.3, 0.4) is 0 Å². The van der Waals surface area contributed by atoms with Gasteiger partial charge in [-0.3, -0.25) is 0 Å². The lowest BCUT2D eigenvalue weighted by molar-refractivity contribution is 1.14. The number of rotatable bonds is 2. The number of benzene rings is 3. The van der Waals surface area contributed by atoms with Crippen molar-refractivity contribution in [3.8, 4) is 16.9 Å². The second-order valence-corrected chi connectivity index (χ2v) is 5.60. The Labute approximate surface area is 134 Å². The minimum Gasteiger partial charge on any atom is -0.399 e. The number of hydrogen-bond donors (Lipinski definition) is 2. The highest BCUT2D eigenvalue weighted by Gasteiger charge is 2.13. The van der Waals surface area contributed by atoms with Crippen molar-refractivity contribution in [3.63, 3.8) is 0 Å². The number of nitrogens with two attached hydrogens (primary N) is 2. The Hall–Kier alpha value is -3.20. The van der Waals surface area contributed by atoms with E-state index in [0.717, 1.165) is 33.8 Å². The molecule has 0 bridgehead atoms. The van der Waals surface area contributed by atoms with Gasteiger partial charge in [-0.15, -0.1) is 0 Å². The lowest BCUT2D eigenvalue weighted by Gasteiger charge is -2.13. The highest BCUT2D eigenvalue weighted by Crippen LogP contribution is 2.33. The average Bonchev–Trinajstić information content (AvgIpc) is 2.95. The molecule has 1 heterocycles. The number of hydrogen-bond acceptors (Lipinski definition) is 2. The van der Waals surface area contributed by atoms with Crippen LogP contribution < -0.4 is 11.5 Å². The second kappa shape index (κ2) is 5.21. The summed E-state index contributed by atoms with van der Waals surface area (Å²) in [6.07, 6.45) is 0. The Morgan fingerprint density at radius 3 is 2.17 bits per heavy atom. The zero-order valence-corrected chi connectivity index (χ0v) is 12.6. The maximum absolute atomic E-state index is 6.23. The molecule has 0 radical (unpaired) electrons. The van der Waals surface area contributed by atoms with Gasteiger partial charge in [0.2, 0.25) is 0 Å². The third kappa shape index (κ3) is 2.23. The van der Waals surface area contributed by atoms with Crippen molar-refractivity contribution in [1.29, 1.82) is 0 Å². The molecular weight excluding hydrogens is 282 g/mol. The van der Waals surface area contributed by atoms with Crippen LogP contribution in [0.4, 0.5) is 11.4 Å². The molecule has 4 N–H and O–H groups in total. The van der Waals surface area contributed by atoms with Crippen LogP contribution in [-0.4, -0.2) is 4.57 Å². The minimum atomic E-state index is 0.755. The Kier molecular flexibility index (Phi) is 3.05. The summed E-state index contributed by atoms with van der Waals surface area (Å²) >= 11 is 0. The van der Waals surface area contributed by atoms with Gasteiger partial charge in [-0.2, -0.15) is 0 Å². The molecule has 4 rings (SSSR count). The van der Waals surface area contributed by atoms with Crippen LogP contribution in [0.2, 0.25) is 0 Å². The van der Waals surface area contributed by atoms with E-state index in [2.05, 4.69) is 22.8 Å². The summed E-state index contributed by atoms with van der Waals surface area (Å²) in [4.78, 5) is 0. The van der Waals surface area contributed by atoms with Crippen LogP contribution in [0.1, 0.15) is 0 Å². The SMILES string of the molecule is Nc1ccc(-c2cc3ccccc3n2-c2ccccc2N)cc1. The van der Waals surface area contributed by atoms with Gasteiger partial charge in [0, 0.05) is 11.1 Å². The molecular formula is C20H17N3. The number of anilines is 2. The number of nitrogens with zero attached hydrogens (tertiary/aromatic N) is 1. The molecule has 0 aliphatic heterocycles. The zero-order valence-electron chi connectivity index (χ0n) is 12.6. The summed E-state index contributed by atoms with van der Waals surface area (Å²) in [6.45, 7) is 0. The summed E-state index contributed by atoms with van der Waals surface area (Å²) < 4.78 is 2.20. The van der Waals surface area contributed by atoms with E-state index in [1.54, 1.807) is 0 Å². The lowest BCUT2D eigenvalue weighted by Crippen LogP contribution is -2.01. The zero-order chi connectivity index (χ0) is 15.8. The number of nitrogen functional groups attached to an aromatic ring is 2. The van der Waals surface area contributed by atoms with E-state index in [4.69, 9.17) is 11.5 Å². The minimum absolute atomic E-state index is 0.755. The second-order valence-electron chi connectivity index (χ2n) is 5.60. The molecule has 0 amide bonds.